The maximum Gasteiger partial charge on any atom is 0.336 e. The first-order chi connectivity index (χ1) is 27.2. The van der Waals surface area contributed by atoms with Gasteiger partial charge in [-0.2, -0.15) is 8.42 Å². The minimum Gasteiger partial charge on any atom is -0.466 e. The molecule has 1 aromatic rings. The van der Waals surface area contributed by atoms with Gasteiger partial charge in [-0.3, -0.25) is 14.1 Å². The van der Waals surface area contributed by atoms with E-state index in [1.165, 1.54) is 7.11 Å². The van der Waals surface area contributed by atoms with Crippen molar-refractivity contribution in [3.63, 3.8) is 0 Å². The Morgan fingerprint density at radius 3 is 2.03 bits per heavy atom. The van der Waals surface area contributed by atoms with Gasteiger partial charge in [0.2, 0.25) is 0 Å². The molecule has 6 rings (SSSR count). The van der Waals surface area contributed by atoms with E-state index < -0.39 is 39.1 Å². The summed E-state index contributed by atoms with van der Waals surface area (Å²) >= 11 is 7.44. The number of rotatable bonds is 14. The van der Waals surface area contributed by atoms with Crippen molar-refractivity contribution < 1.29 is 61.0 Å². The molecule has 5 unspecified atom stereocenters. The average Bonchev–Trinajstić information content (AvgIpc) is 3.68. The molecule has 1 heterocycles. The van der Waals surface area contributed by atoms with Crippen molar-refractivity contribution in [3.05, 3.63) is 57.4 Å². The van der Waals surface area contributed by atoms with E-state index in [0.29, 0.717) is 77.4 Å². The van der Waals surface area contributed by atoms with Crippen LogP contribution in [0.3, 0.4) is 0 Å². The molecule has 4 bridgehead atoms. The van der Waals surface area contributed by atoms with E-state index in [2.05, 4.69) is 28.5 Å². The van der Waals surface area contributed by atoms with Gasteiger partial charge < -0.3 is 25.3 Å². The minimum atomic E-state index is -4.08. The predicted molar refractivity (Wildman–Crippen MR) is 216 cm³/mol. The Hall–Kier alpha value is -2.87. The third kappa shape index (κ3) is 9.37. The van der Waals surface area contributed by atoms with Crippen LogP contribution in [0.5, 0.6) is 0 Å². The molecule has 324 valence electrons. The molecule has 0 aromatic heterocycles. The Labute approximate surface area is 349 Å². The standard InChI is InChI=1S/C20H25ClN2O5.2C10H16O4S/c1-4-28-20(25)18-15(11-27-10-9-22)23-12(2)16(19(24)26-3)17(18)13-7-5-6-8-14(13)21;1-9(2)7-3-4-10(9,8(11)5-7)6-15(12,13)14;1-9(2)7-3-4-10(9,8(11)5-7)6-15-14-13-12/h5-8,17,23H,4,9-11,22H2,1-3H3;7H,3-6H2,1-2H3,(H,12,13,14);7,12H,3-6H2,1-2H3. The van der Waals surface area contributed by atoms with Crippen LogP contribution in [0.25, 0.3) is 0 Å². The zero-order valence-electron chi connectivity index (χ0n) is 34.2. The van der Waals surface area contributed by atoms with E-state index in [-0.39, 0.29) is 46.7 Å². The van der Waals surface area contributed by atoms with Gasteiger partial charge in [0, 0.05) is 53.3 Å². The molecule has 4 aliphatic carbocycles. The predicted octanol–water partition coefficient (Wildman–Crippen LogP) is 5.99. The lowest BCUT2D eigenvalue weighted by molar-refractivity contribution is -0.432. The molecule has 0 radical (unpaired) electrons. The van der Waals surface area contributed by atoms with Crippen molar-refractivity contribution in [2.75, 3.05) is 45.0 Å². The van der Waals surface area contributed by atoms with Crippen molar-refractivity contribution in [2.24, 2.45) is 39.2 Å². The van der Waals surface area contributed by atoms with Crippen LogP contribution in [-0.2, 0) is 52.9 Å². The molecular formula is C40H57ClN2O13S2. The fraction of sp³-hybridized carbons (Fsp3) is 0.650. The highest BCUT2D eigenvalue weighted by molar-refractivity contribution is 7.94. The summed E-state index contributed by atoms with van der Waals surface area (Å²) in [6.07, 6.45) is 4.73. The number of carbonyl (C=O) groups is 4. The summed E-state index contributed by atoms with van der Waals surface area (Å²) in [5.41, 5.74) is 6.36. The summed E-state index contributed by atoms with van der Waals surface area (Å²) in [5, 5.41) is 15.2. The lowest BCUT2D eigenvalue weighted by Gasteiger charge is -2.35. The van der Waals surface area contributed by atoms with E-state index >= 15 is 0 Å². The largest absolute Gasteiger partial charge is 0.466 e. The van der Waals surface area contributed by atoms with Crippen molar-refractivity contribution in [3.8, 4) is 0 Å². The zero-order chi connectivity index (χ0) is 43.3. The number of halogens is 1. The summed E-state index contributed by atoms with van der Waals surface area (Å²) < 4.78 is 51.2. The van der Waals surface area contributed by atoms with Crippen LogP contribution in [-0.4, -0.2) is 86.7 Å². The number of hydrogen-bond acceptors (Lipinski definition) is 15. The SMILES string of the molecule is CC1(C)C2CCC1(CS(=O)(=O)O)C(=O)C2.CC1(C)C2CCC1(CSOOO)C(=O)C2.CCOC(=O)C1=C(COCCN)NC(C)=C(C(=O)OC)C1c1ccccc1Cl. The summed E-state index contributed by atoms with van der Waals surface area (Å²) in [4.78, 5) is 49.3. The third-order valence-corrected chi connectivity index (χ3v) is 15.3. The number of fused-ring (bicyclic) bond motifs is 4. The molecule has 0 saturated heterocycles. The number of nitrogens with two attached hydrogens (primary N) is 1. The van der Waals surface area contributed by atoms with Crippen molar-refractivity contribution in [2.45, 2.75) is 86.0 Å². The monoisotopic (exact) mass is 872 g/mol. The van der Waals surface area contributed by atoms with Gasteiger partial charge in [-0.25, -0.2) is 14.8 Å². The van der Waals surface area contributed by atoms with E-state index in [0.717, 1.165) is 31.3 Å². The van der Waals surface area contributed by atoms with Crippen LogP contribution in [0, 0.1) is 33.5 Å². The third-order valence-electron chi connectivity index (χ3n) is 13.4. The molecule has 0 spiro atoms. The molecule has 15 nitrogen and oxygen atoms in total. The second-order valence-corrected chi connectivity index (χ2v) is 19.0. The number of hydrogen-bond donors (Lipinski definition) is 4. The zero-order valence-corrected chi connectivity index (χ0v) is 36.6. The van der Waals surface area contributed by atoms with E-state index in [4.69, 9.17) is 41.4 Å². The molecule has 4 saturated carbocycles. The van der Waals surface area contributed by atoms with E-state index in [1.54, 1.807) is 38.1 Å². The number of esters is 2. The first-order valence-electron chi connectivity index (χ1n) is 19.3. The molecule has 1 aliphatic heterocycles. The highest BCUT2D eigenvalue weighted by Crippen LogP contribution is 2.65. The van der Waals surface area contributed by atoms with E-state index in [9.17, 15) is 27.6 Å². The van der Waals surface area contributed by atoms with Crippen LogP contribution in [0.4, 0.5) is 0 Å². The van der Waals surface area contributed by atoms with Crippen LogP contribution < -0.4 is 11.1 Å². The summed E-state index contributed by atoms with van der Waals surface area (Å²) in [5.74, 6) is -0.540. The van der Waals surface area contributed by atoms with Crippen LogP contribution in [0.15, 0.2) is 46.8 Å². The number of ketones is 2. The Morgan fingerprint density at radius 2 is 1.57 bits per heavy atom. The van der Waals surface area contributed by atoms with Gasteiger partial charge in [-0.05, 0) is 73.8 Å². The van der Waals surface area contributed by atoms with Gasteiger partial charge in [0.15, 0.2) is 0 Å². The van der Waals surface area contributed by atoms with Gasteiger partial charge in [0.05, 0.1) is 60.9 Å². The lowest BCUT2D eigenvalue weighted by Crippen LogP contribution is -2.42. The number of Topliss-reactive ketones (excluding diaryl/α,β-unsaturated/α-hetero) is 2. The van der Waals surface area contributed by atoms with Gasteiger partial charge in [-0.15, -0.1) is 4.33 Å². The number of benzene rings is 1. The first kappa shape index (κ1) is 47.8. The number of ether oxygens (including phenoxy) is 3. The first-order valence-corrected chi connectivity index (χ1v) is 22.2. The Balaban J connectivity index is 0.000000209. The molecule has 1 aromatic carbocycles. The molecule has 4 fully saturated rings. The highest BCUT2D eigenvalue weighted by Gasteiger charge is 2.65. The quantitative estimate of drug-likeness (QED) is 0.0421. The molecule has 58 heavy (non-hydrogen) atoms. The highest BCUT2D eigenvalue weighted by atomic mass is 35.5. The maximum atomic E-state index is 12.9. The average molecular weight is 873 g/mol. The van der Waals surface area contributed by atoms with Crippen molar-refractivity contribution in [1.82, 2.24) is 5.32 Å². The van der Waals surface area contributed by atoms with Crippen LogP contribution in [0.2, 0.25) is 5.02 Å². The smallest absolute Gasteiger partial charge is 0.336 e. The van der Waals surface area contributed by atoms with Crippen molar-refractivity contribution >= 4 is 57.3 Å². The number of nitrogens with one attached hydrogen (secondary N) is 1. The Bertz CT molecular complexity index is 1900. The van der Waals surface area contributed by atoms with Crippen LogP contribution in [0.1, 0.15) is 91.5 Å². The number of dihydropyridines is 1. The summed E-state index contributed by atoms with van der Waals surface area (Å²) in [6.45, 7) is 12.6. The number of allylic oxidation sites excluding steroid dienone is 1. The van der Waals surface area contributed by atoms with Gasteiger partial charge in [0.25, 0.3) is 10.1 Å². The fourth-order valence-electron chi connectivity index (χ4n) is 9.79. The fourth-order valence-corrected chi connectivity index (χ4v) is 12.3. The van der Waals surface area contributed by atoms with Crippen LogP contribution >= 0.6 is 23.6 Å². The van der Waals surface area contributed by atoms with E-state index in [1.807, 2.05) is 13.8 Å². The molecular weight excluding hydrogens is 816 g/mol. The van der Waals surface area contributed by atoms with Gasteiger partial charge in [-0.1, -0.05) is 62.5 Å². The summed E-state index contributed by atoms with van der Waals surface area (Å²) in [7, 11) is -2.78. The summed E-state index contributed by atoms with van der Waals surface area (Å²) in [6, 6.07) is 7.05. The number of methoxy groups -OCH3 is 1. The minimum absolute atomic E-state index is 0.0152. The molecule has 5 atom stereocenters. The number of carbonyl (C=O) groups excluding carboxylic acids is 4. The lowest BCUT2D eigenvalue weighted by atomic mass is 9.70. The van der Waals surface area contributed by atoms with Gasteiger partial charge >= 0.3 is 11.9 Å². The maximum absolute atomic E-state index is 12.9. The molecule has 0 amide bonds. The second kappa shape index (κ2) is 19.2. The molecule has 5 N–H and O–H groups in total. The topological polar surface area (TPSA) is 227 Å². The Morgan fingerprint density at radius 1 is 0.983 bits per heavy atom. The molecule has 18 heteroatoms. The Kier molecular flexibility index (Phi) is 15.9. The second-order valence-electron chi connectivity index (χ2n) is 16.5. The normalized spacial score (nSPS) is 27.7. The molecule has 5 aliphatic rings. The van der Waals surface area contributed by atoms with Crippen molar-refractivity contribution in [1.29, 1.82) is 0 Å². The van der Waals surface area contributed by atoms with Gasteiger partial charge in [0.1, 0.15) is 11.6 Å².